The van der Waals surface area contributed by atoms with Gasteiger partial charge in [-0.3, -0.25) is 0 Å². The van der Waals surface area contributed by atoms with E-state index in [0.29, 0.717) is 19.5 Å². The highest BCUT2D eigenvalue weighted by molar-refractivity contribution is 7.88. The van der Waals surface area contributed by atoms with E-state index in [0.717, 1.165) is 30.9 Å². The molecule has 2 rings (SSSR count). The van der Waals surface area contributed by atoms with E-state index in [1.54, 1.807) is 6.07 Å². The Morgan fingerprint density at radius 3 is 2.75 bits per heavy atom. The Morgan fingerprint density at radius 1 is 1.35 bits per heavy atom. The van der Waals surface area contributed by atoms with Crippen LogP contribution in [-0.4, -0.2) is 45.2 Å². The van der Waals surface area contributed by atoms with E-state index in [4.69, 9.17) is 0 Å². The van der Waals surface area contributed by atoms with Gasteiger partial charge in [-0.2, -0.15) is 0 Å². The Kier molecular flexibility index (Phi) is 4.72. The highest BCUT2D eigenvalue weighted by Gasteiger charge is 2.24. The minimum absolute atomic E-state index is 0.0602. The molecule has 0 amide bonds. The fourth-order valence-electron chi connectivity index (χ4n) is 2.42. The van der Waals surface area contributed by atoms with Crippen molar-refractivity contribution in [3.05, 3.63) is 35.4 Å². The molecule has 7 heteroatoms. The Bertz CT molecular complexity index is 578. The van der Waals surface area contributed by atoms with Crippen molar-refractivity contribution < 1.29 is 17.2 Å². The van der Waals surface area contributed by atoms with Crippen LogP contribution in [0.3, 0.4) is 0 Å². The van der Waals surface area contributed by atoms with Crippen molar-refractivity contribution in [1.82, 2.24) is 9.62 Å². The van der Waals surface area contributed by atoms with E-state index < -0.39 is 21.7 Å². The Hall–Kier alpha value is -1.05. The molecule has 1 aliphatic heterocycles. The van der Waals surface area contributed by atoms with Crippen LogP contribution in [-0.2, 0) is 16.4 Å². The van der Waals surface area contributed by atoms with Gasteiger partial charge in [0.05, 0.1) is 6.26 Å². The Labute approximate surface area is 117 Å². The molecule has 0 saturated carbocycles. The fraction of sp³-hybridized carbons (Fsp3) is 0.538. The number of benzene rings is 1. The minimum Gasteiger partial charge on any atom is -0.301 e. The molecule has 1 aromatic rings. The highest BCUT2D eigenvalue weighted by atomic mass is 32.2. The predicted molar refractivity (Wildman–Crippen MR) is 72.9 cm³/mol. The molecule has 1 aliphatic rings. The van der Waals surface area contributed by atoms with Gasteiger partial charge in [-0.15, -0.1) is 0 Å². The number of halogens is 2. The second-order valence-electron chi connectivity index (χ2n) is 5.17. The van der Waals surface area contributed by atoms with E-state index in [1.807, 2.05) is 0 Å². The maximum absolute atomic E-state index is 13.1. The first-order valence-corrected chi connectivity index (χ1v) is 8.36. The molecule has 1 fully saturated rings. The molecule has 0 aliphatic carbocycles. The predicted octanol–water partition coefficient (Wildman–Crippen LogP) is 1.13. The zero-order valence-electron chi connectivity index (χ0n) is 11.3. The van der Waals surface area contributed by atoms with E-state index in [-0.39, 0.29) is 6.04 Å². The second kappa shape index (κ2) is 6.15. The van der Waals surface area contributed by atoms with Crippen LogP contribution in [0.5, 0.6) is 0 Å². The maximum Gasteiger partial charge on any atom is 0.208 e. The Balaban J connectivity index is 1.82. The molecule has 0 bridgehead atoms. The van der Waals surface area contributed by atoms with Gasteiger partial charge in [0, 0.05) is 19.1 Å². The minimum atomic E-state index is -3.18. The van der Waals surface area contributed by atoms with Crippen molar-refractivity contribution in [1.29, 1.82) is 0 Å². The van der Waals surface area contributed by atoms with Crippen molar-refractivity contribution in [2.75, 3.05) is 25.9 Å². The lowest BCUT2D eigenvalue weighted by atomic mass is 10.1. The van der Waals surface area contributed by atoms with Crippen LogP contribution in [0.25, 0.3) is 0 Å². The van der Waals surface area contributed by atoms with Gasteiger partial charge in [-0.05, 0) is 37.1 Å². The van der Waals surface area contributed by atoms with Crippen molar-refractivity contribution >= 4 is 10.0 Å². The van der Waals surface area contributed by atoms with Gasteiger partial charge in [-0.1, -0.05) is 6.07 Å². The summed E-state index contributed by atoms with van der Waals surface area (Å²) >= 11 is 0. The van der Waals surface area contributed by atoms with Gasteiger partial charge in [0.2, 0.25) is 10.0 Å². The van der Waals surface area contributed by atoms with Gasteiger partial charge in [0.15, 0.2) is 11.6 Å². The number of likely N-dealkylation sites (tertiary alicyclic amines) is 1. The lowest BCUT2D eigenvalue weighted by Crippen LogP contribution is -2.36. The molecule has 0 radical (unpaired) electrons. The van der Waals surface area contributed by atoms with Crippen molar-refractivity contribution in [3.8, 4) is 0 Å². The molecule has 0 aromatic heterocycles. The summed E-state index contributed by atoms with van der Waals surface area (Å²) < 4.78 is 50.7. The first-order chi connectivity index (χ1) is 9.33. The van der Waals surface area contributed by atoms with E-state index in [2.05, 4.69) is 9.62 Å². The lowest BCUT2D eigenvalue weighted by molar-refractivity contribution is 0.336. The first-order valence-electron chi connectivity index (χ1n) is 6.47. The molecule has 1 N–H and O–H groups in total. The zero-order valence-corrected chi connectivity index (χ0v) is 12.1. The summed E-state index contributed by atoms with van der Waals surface area (Å²) in [4.78, 5) is 2.12. The molecule has 20 heavy (non-hydrogen) atoms. The van der Waals surface area contributed by atoms with Crippen LogP contribution in [0.2, 0.25) is 0 Å². The van der Waals surface area contributed by atoms with Crippen LogP contribution in [0.1, 0.15) is 12.0 Å². The number of hydrogen-bond donors (Lipinski definition) is 1. The van der Waals surface area contributed by atoms with Crippen LogP contribution in [0.15, 0.2) is 18.2 Å². The summed E-state index contributed by atoms with van der Waals surface area (Å²) in [5, 5.41) is 0. The molecule has 112 valence electrons. The third-order valence-electron chi connectivity index (χ3n) is 3.35. The normalized spacial score (nSPS) is 20.4. The molecule has 1 unspecified atom stereocenters. The fourth-order valence-corrected chi connectivity index (χ4v) is 3.21. The highest BCUT2D eigenvalue weighted by Crippen LogP contribution is 2.13. The Morgan fingerprint density at radius 2 is 2.10 bits per heavy atom. The molecular formula is C13H18F2N2O2S. The third kappa shape index (κ3) is 4.50. The smallest absolute Gasteiger partial charge is 0.208 e. The number of sulfonamides is 1. The monoisotopic (exact) mass is 304 g/mol. The third-order valence-corrected chi connectivity index (χ3v) is 4.12. The quantitative estimate of drug-likeness (QED) is 0.887. The zero-order chi connectivity index (χ0) is 14.8. The summed E-state index contributed by atoms with van der Waals surface area (Å²) in [6.45, 7) is 2.15. The lowest BCUT2D eigenvalue weighted by Gasteiger charge is -2.16. The molecule has 0 spiro atoms. The molecule has 1 atom stereocenters. The van der Waals surface area contributed by atoms with Crippen molar-refractivity contribution in [2.24, 2.45) is 0 Å². The average molecular weight is 304 g/mol. The summed E-state index contributed by atoms with van der Waals surface area (Å²) in [5.74, 6) is -1.67. The van der Waals surface area contributed by atoms with Gasteiger partial charge in [0.1, 0.15) is 0 Å². The molecule has 4 nitrogen and oxygen atoms in total. The molecular weight excluding hydrogens is 286 g/mol. The van der Waals surface area contributed by atoms with Crippen LogP contribution in [0.4, 0.5) is 8.78 Å². The van der Waals surface area contributed by atoms with E-state index >= 15 is 0 Å². The summed E-state index contributed by atoms with van der Waals surface area (Å²) in [5.41, 5.74) is 0.739. The van der Waals surface area contributed by atoms with E-state index in [1.165, 1.54) is 6.07 Å². The van der Waals surface area contributed by atoms with Gasteiger partial charge in [-0.25, -0.2) is 21.9 Å². The van der Waals surface area contributed by atoms with Crippen molar-refractivity contribution in [2.45, 2.75) is 18.9 Å². The summed E-state index contributed by atoms with van der Waals surface area (Å²) in [6.07, 6.45) is 2.53. The average Bonchev–Trinajstić information content (AvgIpc) is 2.76. The topological polar surface area (TPSA) is 49.4 Å². The van der Waals surface area contributed by atoms with Crippen LogP contribution >= 0.6 is 0 Å². The van der Waals surface area contributed by atoms with Gasteiger partial charge >= 0.3 is 0 Å². The molecule has 1 aromatic carbocycles. The number of hydrogen-bond acceptors (Lipinski definition) is 3. The van der Waals surface area contributed by atoms with Crippen LogP contribution in [0, 0.1) is 11.6 Å². The SMILES string of the molecule is CS(=O)(=O)NC1CCN(CCc2ccc(F)c(F)c2)C1. The number of nitrogens with zero attached hydrogens (tertiary/aromatic N) is 1. The maximum atomic E-state index is 13.1. The summed E-state index contributed by atoms with van der Waals surface area (Å²) in [6, 6.07) is 3.84. The first kappa shape index (κ1) is 15.3. The van der Waals surface area contributed by atoms with Gasteiger partial charge in [0.25, 0.3) is 0 Å². The number of nitrogens with one attached hydrogen (secondary N) is 1. The molecule has 1 saturated heterocycles. The van der Waals surface area contributed by atoms with Crippen LogP contribution < -0.4 is 4.72 Å². The molecule has 1 heterocycles. The number of rotatable bonds is 5. The second-order valence-corrected chi connectivity index (χ2v) is 6.95. The summed E-state index contributed by atoms with van der Waals surface area (Å²) in [7, 11) is -3.18. The van der Waals surface area contributed by atoms with E-state index in [9.17, 15) is 17.2 Å². The largest absolute Gasteiger partial charge is 0.301 e. The standard InChI is InChI=1S/C13H18F2N2O2S/c1-20(18,19)16-11-5-7-17(9-11)6-4-10-2-3-12(14)13(15)8-10/h2-3,8,11,16H,4-7,9H2,1H3. The van der Waals surface area contributed by atoms with Crippen molar-refractivity contribution in [3.63, 3.8) is 0 Å². The van der Waals surface area contributed by atoms with Gasteiger partial charge < -0.3 is 4.90 Å².